The van der Waals surface area contributed by atoms with Crippen molar-refractivity contribution in [2.45, 2.75) is 44.6 Å². The zero-order chi connectivity index (χ0) is 13.0. The molecule has 0 atom stereocenters. The Morgan fingerprint density at radius 2 is 2.17 bits per heavy atom. The molecule has 1 fully saturated rings. The molecule has 1 aliphatic carbocycles. The molecule has 1 saturated carbocycles. The van der Waals surface area contributed by atoms with Crippen LogP contribution in [-0.2, 0) is 13.5 Å². The van der Waals surface area contributed by atoms with Gasteiger partial charge in [0.1, 0.15) is 5.82 Å². The predicted octanol–water partition coefficient (Wildman–Crippen LogP) is 1.56. The summed E-state index contributed by atoms with van der Waals surface area (Å²) in [5, 5.41) is 0. The second kappa shape index (κ2) is 5.85. The summed E-state index contributed by atoms with van der Waals surface area (Å²) in [7, 11) is 2.06. The number of nitrogens with zero attached hydrogens (tertiary/aromatic N) is 3. The van der Waals surface area contributed by atoms with Gasteiger partial charge in [0.15, 0.2) is 0 Å². The van der Waals surface area contributed by atoms with Crippen molar-refractivity contribution in [1.29, 1.82) is 0 Å². The van der Waals surface area contributed by atoms with Gasteiger partial charge in [0.25, 0.3) is 0 Å². The number of likely N-dealkylation sites (N-methyl/N-ethyl adjacent to an activating group) is 1. The van der Waals surface area contributed by atoms with Gasteiger partial charge in [-0.25, -0.2) is 4.98 Å². The standard InChI is InChI=1S/C14H26N4/c1-3-18(14(12-15)7-4-5-8-14)10-6-13-16-9-11-17(13)2/h9,11H,3-8,10,12,15H2,1-2H3. The maximum Gasteiger partial charge on any atom is 0.109 e. The highest BCUT2D eigenvalue weighted by Gasteiger charge is 2.37. The topological polar surface area (TPSA) is 47.1 Å². The monoisotopic (exact) mass is 250 g/mol. The maximum atomic E-state index is 6.06. The van der Waals surface area contributed by atoms with Crippen molar-refractivity contribution in [1.82, 2.24) is 14.5 Å². The lowest BCUT2D eigenvalue weighted by Crippen LogP contribution is -2.52. The van der Waals surface area contributed by atoms with Crippen LogP contribution in [0.4, 0.5) is 0 Å². The molecular formula is C14H26N4. The van der Waals surface area contributed by atoms with Gasteiger partial charge in [-0.1, -0.05) is 19.8 Å². The number of hydrogen-bond acceptors (Lipinski definition) is 3. The fraction of sp³-hybridized carbons (Fsp3) is 0.786. The lowest BCUT2D eigenvalue weighted by atomic mass is 9.95. The average Bonchev–Trinajstić information content (AvgIpc) is 3.01. The van der Waals surface area contributed by atoms with Crippen molar-refractivity contribution in [3.8, 4) is 0 Å². The first-order chi connectivity index (χ1) is 8.72. The Kier molecular flexibility index (Phi) is 4.40. The van der Waals surface area contributed by atoms with E-state index in [9.17, 15) is 0 Å². The molecular weight excluding hydrogens is 224 g/mol. The third-order valence-corrected chi connectivity index (χ3v) is 4.49. The molecule has 0 saturated heterocycles. The average molecular weight is 250 g/mol. The third kappa shape index (κ3) is 2.59. The number of rotatable bonds is 6. The van der Waals surface area contributed by atoms with Crippen LogP contribution in [0.3, 0.4) is 0 Å². The molecule has 0 radical (unpaired) electrons. The third-order valence-electron chi connectivity index (χ3n) is 4.49. The predicted molar refractivity (Wildman–Crippen MR) is 74.4 cm³/mol. The quantitative estimate of drug-likeness (QED) is 0.833. The van der Waals surface area contributed by atoms with Crippen molar-refractivity contribution in [3.63, 3.8) is 0 Å². The molecule has 0 aromatic carbocycles. The van der Waals surface area contributed by atoms with Gasteiger partial charge in [0.05, 0.1) is 0 Å². The molecule has 102 valence electrons. The molecule has 18 heavy (non-hydrogen) atoms. The van der Waals surface area contributed by atoms with Crippen LogP contribution in [0.2, 0.25) is 0 Å². The molecule has 1 aliphatic rings. The number of hydrogen-bond donors (Lipinski definition) is 1. The van der Waals surface area contributed by atoms with E-state index in [4.69, 9.17) is 5.73 Å². The van der Waals surface area contributed by atoms with Crippen molar-refractivity contribution < 1.29 is 0 Å². The van der Waals surface area contributed by atoms with Crippen molar-refractivity contribution in [2.24, 2.45) is 12.8 Å². The Morgan fingerprint density at radius 1 is 1.44 bits per heavy atom. The summed E-state index contributed by atoms with van der Waals surface area (Å²) in [6.45, 7) is 5.19. The first-order valence-electron chi connectivity index (χ1n) is 7.13. The molecule has 0 aliphatic heterocycles. The first-order valence-corrected chi connectivity index (χ1v) is 7.13. The van der Waals surface area contributed by atoms with E-state index in [1.807, 2.05) is 12.4 Å². The zero-order valence-corrected chi connectivity index (χ0v) is 11.7. The molecule has 1 aromatic heterocycles. The molecule has 4 nitrogen and oxygen atoms in total. The van der Waals surface area contributed by atoms with Gasteiger partial charge < -0.3 is 10.3 Å². The number of nitrogens with two attached hydrogens (primary N) is 1. The van der Waals surface area contributed by atoms with Crippen molar-refractivity contribution in [3.05, 3.63) is 18.2 Å². The number of aromatic nitrogens is 2. The molecule has 1 heterocycles. The van der Waals surface area contributed by atoms with Crippen LogP contribution in [0, 0.1) is 0 Å². The lowest BCUT2D eigenvalue weighted by molar-refractivity contribution is 0.106. The van der Waals surface area contributed by atoms with E-state index in [1.165, 1.54) is 31.5 Å². The van der Waals surface area contributed by atoms with E-state index >= 15 is 0 Å². The van der Waals surface area contributed by atoms with Crippen LogP contribution in [0.1, 0.15) is 38.4 Å². The SMILES string of the molecule is CCN(CCc1nccn1C)C1(CN)CCCC1. The van der Waals surface area contributed by atoms with Gasteiger partial charge in [0.2, 0.25) is 0 Å². The maximum absolute atomic E-state index is 6.06. The summed E-state index contributed by atoms with van der Waals surface area (Å²) in [6, 6.07) is 0. The normalized spacial score (nSPS) is 18.7. The molecule has 4 heteroatoms. The number of aryl methyl sites for hydroxylation is 1. The Hall–Kier alpha value is -0.870. The Bertz CT molecular complexity index is 366. The lowest BCUT2D eigenvalue weighted by Gasteiger charge is -2.40. The highest BCUT2D eigenvalue weighted by molar-refractivity contribution is 4.98. The summed E-state index contributed by atoms with van der Waals surface area (Å²) in [6.07, 6.45) is 10.1. The fourth-order valence-electron chi connectivity index (χ4n) is 3.29. The van der Waals surface area contributed by atoms with Crippen LogP contribution in [-0.4, -0.2) is 39.6 Å². The Labute approximate surface area is 110 Å². The van der Waals surface area contributed by atoms with Crippen LogP contribution >= 0.6 is 0 Å². The van der Waals surface area contributed by atoms with Crippen LogP contribution in [0.25, 0.3) is 0 Å². The van der Waals surface area contributed by atoms with Crippen LogP contribution in [0.15, 0.2) is 12.4 Å². The zero-order valence-electron chi connectivity index (χ0n) is 11.7. The van der Waals surface area contributed by atoms with E-state index in [-0.39, 0.29) is 5.54 Å². The molecule has 0 amide bonds. The summed E-state index contributed by atoms with van der Waals surface area (Å²) in [5.74, 6) is 1.17. The van der Waals surface area contributed by atoms with Gasteiger partial charge in [-0.15, -0.1) is 0 Å². The molecule has 0 spiro atoms. The van der Waals surface area contributed by atoms with Crippen molar-refractivity contribution in [2.75, 3.05) is 19.6 Å². The van der Waals surface area contributed by atoms with Gasteiger partial charge in [-0.3, -0.25) is 4.90 Å². The van der Waals surface area contributed by atoms with E-state index in [2.05, 4.69) is 28.4 Å². The minimum absolute atomic E-state index is 0.264. The molecule has 2 rings (SSSR count). The fourth-order valence-corrected chi connectivity index (χ4v) is 3.29. The van der Waals surface area contributed by atoms with Crippen molar-refractivity contribution >= 4 is 0 Å². The van der Waals surface area contributed by atoms with Crippen LogP contribution < -0.4 is 5.73 Å². The van der Waals surface area contributed by atoms with E-state index < -0.39 is 0 Å². The van der Waals surface area contributed by atoms with Gasteiger partial charge >= 0.3 is 0 Å². The van der Waals surface area contributed by atoms with E-state index in [0.29, 0.717) is 0 Å². The molecule has 1 aromatic rings. The van der Waals surface area contributed by atoms with E-state index in [1.54, 1.807) is 0 Å². The second-order valence-electron chi connectivity index (χ2n) is 5.42. The largest absolute Gasteiger partial charge is 0.338 e. The highest BCUT2D eigenvalue weighted by Crippen LogP contribution is 2.34. The summed E-state index contributed by atoms with van der Waals surface area (Å²) < 4.78 is 2.11. The molecule has 2 N–H and O–H groups in total. The highest BCUT2D eigenvalue weighted by atomic mass is 15.2. The smallest absolute Gasteiger partial charge is 0.109 e. The van der Waals surface area contributed by atoms with Gasteiger partial charge in [-0.05, 0) is 19.4 Å². The summed E-state index contributed by atoms with van der Waals surface area (Å²) >= 11 is 0. The molecule has 0 bridgehead atoms. The van der Waals surface area contributed by atoms with Gasteiger partial charge in [0, 0.05) is 44.5 Å². The Balaban J connectivity index is 1.98. The summed E-state index contributed by atoms with van der Waals surface area (Å²) in [5.41, 5.74) is 6.33. The summed E-state index contributed by atoms with van der Waals surface area (Å²) in [4.78, 5) is 6.98. The van der Waals surface area contributed by atoms with Gasteiger partial charge in [-0.2, -0.15) is 0 Å². The minimum Gasteiger partial charge on any atom is -0.338 e. The first kappa shape index (κ1) is 13.6. The van der Waals surface area contributed by atoms with Crippen LogP contribution in [0.5, 0.6) is 0 Å². The second-order valence-corrected chi connectivity index (χ2v) is 5.42. The van der Waals surface area contributed by atoms with E-state index in [0.717, 1.165) is 26.1 Å². The number of imidazole rings is 1. The molecule has 0 unspecified atom stereocenters. The minimum atomic E-state index is 0.264. The Morgan fingerprint density at radius 3 is 2.67 bits per heavy atom.